The highest BCUT2D eigenvalue weighted by Crippen LogP contribution is 2.19. The van der Waals surface area contributed by atoms with Gasteiger partial charge in [0.25, 0.3) is 5.91 Å². The molecule has 0 saturated carbocycles. The maximum Gasteiger partial charge on any atom is 0.422 e. The van der Waals surface area contributed by atoms with Gasteiger partial charge in [-0.3, -0.25) is 4.79 Å². The van der Waals surface area contributed by atoms with E-state index in [1.807, 2.05) is 32.0 Å². The minimum absolute atomic E-state index is 0.189. The van der Waals surface area contributed by atoms with E-state index in [-0.39, 0.29) is 11.4 Å². The van der Waals surface area contributed by atoms with E-state index in [1.165, 1.54) is 18.3 Å². The highest BCUT2D eigenvalue weighted by molar-refractivity contribution is 6.04. The molecule has 1 aromatic heterocycles. The molecule has 23 heavy (non-hydrogen) atoms. The number of rotatable bonds is 4. The summed E-state index contributed by atoms with van der Waals surface area (Å²) in [6.07, 6.45) is -3.26. The summed E-state index contributed by atoms with van der Waals surface area (Å²) >= 11 is 0. The number of pyridine rings is 1. The van der Waals surface area contributed by atoms with Gasteiger partial charge in [-0.15, -0.1) is 0 Å². The summed E-state index contributed by atoms with van der Waals surface area (Å²) in [5.41, 5.74) is 2.81. The SMILES string of the molecule is Cc1ccc(C)c(NC(=O)c2ccc(OCC(F)(F)F)nc2)c1. The van der Waals surface area contributed by atoms with Gasteiger partial charge in [0.1, 0.15) is 0 Å². The summed E-state index contributed by atoms with van der Waals surface area (Å²) in [4.78, 5) is 15.8. The molecule has 0 saturated heterocycles. The molecule has 0 spiro atoms. The fourth-order valence-electron chi connectivity index (χ4n) is 1.82. The normalized spacial score (nSPS) is 11.2. The Morgan fingerprint density at radius 1 is 1.22 bits per heavy atom. The van der Waals surface area contributed by atoms with E-state index in [1.54, 1.807) is 0 Å². The van der Waals surface area contributed by atoms with Gasteiger partial charge in [-0.25, -0.2) is 4.98 Å². The third-order valence-electron chi connectivity index (χ3n) is 3.02. The lowest BCUT2D eigenvalue weighted by molar-refractivity contribution is -0.154. The minimum Gasteiger partial charge on any atom is -0.468 e. The van der Waals surface area contributed by atoms with Crippen LogP contribution in [0.25, 0.3) is 0 Å². The van der Waals surface area contributed by atoms with Crippen LogP contribution in [0, 0.1) is 13.8 Å². The van der Waals surface area contributed by atoms with E-state index in [9.17, 15) is 18.0 Å². The van der Waals surface area contributed by atoms with Crippen molar-refractivity contribution in [3.05, 3.63) is 53.2 Å². The predicted octanol–water partition coefficient (Wildman–Crippen LogP) is 3.89. The number of benzene rings is 1. The number of hydrogen-bond donors (Lipinski definition) is 1. The molecule has 4 nitrogen and oxygen atoms in total. The number of aryl methyl sites for hydroxylation is 2. The number of carbonyl (C=O) groups excluding carboxylic acids is 1. The molecule has 122 valence electrons. The van der Waals surface area contributed by atoms with Crippen LogP contribution in [0.5, 0.6) is 5.88 Å². The van der Waals surface area contributed by atoms with Gasteiger partial charge in [-0.05, 0) is 37.1 Å². The van der Waals surface area contributed by atoms with E-state index in [2.05, 4.69) is 15.0 Å². The zero-order valence-corrected chi connectivity index (χ0v) is 12.6. The number of ether oxygens (including phenoxy) is 1. The largest absolute Gasteiger partial charge is 0.468 e. The summed E-state index contributed by atoms with van der Waals surface area (Å²) in [6.45, 7) is 2.35. The fraction of sp³-hybridized carbons (Fsp3) is 0.250. The predicted molar refractivity (Wildman–Crippen MR) is 79.7 cm³/mol. The summed E-state index contributed by atoms with van der Waals surface area (Å²) in [5.74, 6) is -0.584. The third-order valence-corrected chi connectivity index (χ3v) is 3.02. The van der Waals surface area contributed by atoms with Crippen LogP contribution in [0.4, 0.5) is 18.9 Å². The highest BCUT2D eigenvalue weighted by atomic mass is 19.4. The Balaban J connectivity index is 2.04. The molecule has 0 aliphatic rings. The van der Waals surface area contributed by atoms with E-state index in [0.717, 1.165) is 11.1 Å². The Morgan fingerprint density at radius 2 is 1.96 bits per heavy atom. The second-order valence-electron chi connectivity index (χ2n) is 5.06. The van der Waals surface area contributed by atoms with Crippen LogP contribution in [0.2, 0.25) is 0 Å². The maximum atomic E-state index is 12.1. The number of hydrogen-bond acceptors (Lipinski definition) is 3. The monoisotopic (exact) mass is 324 g/mol. The first kappa shape index (κ1) is 16.8. The van der Waals surface area contributed by atoms with Gasteiger partial charge in [-0.2, -0.15) is 13.2 Å². The van der Waals surface area contributed by atoms with Gasteiger partial charge in [0.05, 0.1) is 5.56 Å². The Labute approximate surface area is 131 Å². The van der Waals surface area contributed by atoms with Crippen LogP contribution in [0.1, 0.15) is 21.5 Å². The topological polar surface area (TPSA) is 51.2 Å². The molecule has 0 fully saturated rings. The molecule has 1 heterocycles. The number of nitrogens with zero attached hydrogens (tertiary/aromatic N) is 1. The van der Waals surface area contributed by atoms with Gasteiger partial charge in [-0.1, -0.05) is 12.1 Å². The van der Waals surface area contributed by atoms with Gasteiger partial charge < -0.3 is 10.1 Å². The quantitative estimate of drug-likeness (QED) is 0.928. The van der Waals surface area contributed by atoms with Crippen molar-refractivity contribution in [2.24, 2.45) is 0 Å². The van der Waals surface area contributed by atoms with E-state index >= 15 is 0 Å². The van der Waals surface area contributed by atoms with Gasteiger partial charge >= 0.3 is 6.18 Å². The molecule has 0 radical (unpaired) electrons. The zero-order chi connectivity index (χ0) is 17.0. The van der Waals surface area contributed by atoms with Crippen molar-refractivity contribution >= 4 is 11.6 Å². The molecule has 2 rings (SSSR count). The van der Waals surface area contributed by atoms with E-state index in [0.29, 0.717) is 5.69 Å². The fourth-order valence-corrected chi connectivity index (χ4v) is 1.82. The summed E-state index contributed by atoms with van der Waals surface area (Å²) in [6, 6.07) is 8.24. The van der Waals surface area contributed by atoms with Crippen molar-refractivity contribution in [1.29, 1.82) is 0 Å². The van der Waals surface area contributed by atoms with Crippen LogP contribution in [-0.4, -0.2) is 23.7 Å². The number of alkyl halides is 3. The molecule has 0 aliphatic carbocycles. The van der Waals surface area contributed by atoms with Crippen LogP contribution in [-0.2, 0) is 0 Å². The van der Waals surface area contributed by atoms with Gasteiger partial charge in [0.15, 0.2) is 6.61 Å². The molecule has 0 unspecified atom stereocenters. The lowest BCUT2D eigenvalue weighted by atomic mass is 10.1. The lowest BCUT2D eigenvalue weighted by Crippen LogP contribution is -2.19. The van der Waals surface area contributed by atoms with Gasteiger partial charge in [0.2, 0.25) is 5.88 Å². The summed E-state index contributed by atoms with van der Waals surface area (Å²) in [5, 5.41) is 2.74. The number of nitrogens with one attached hydrogen (secondary N) is 1. The smallest absolute Gasteiger partial charge is 0.422 e. The Kier molecular flexibility index (Phi) is 4.88. The standard InChI is InChI=1S/C16H15F3N2O2/c1-10-3-4-11(2)13(7-10)21-15(22)12-5-6-14(20-8-12)23-9-16(17,18)19/h3-8H,9H2,1-2H3,(H,21,22). The van der Waals surface area contributed by atoms with Gasteiger partial charge in [0, 0.05) is 18.0 Å². The van der Waals surface area contributed by atoms with Crippen molar-refractivity contribution in [3.8, 4) is 5.88 Å². The third kappa shape index (κ3) is 4.98. The van der Waals surface area contributed by atoms with Crippen molar-refractivity contribution in [3.63, 3.8) is 0 Å². The Morgan fingerprint density at radius 3 is 2.57 bits per heavy atom. The first-order valence-electron chi connectivity index (χ1n) is 6.79. The number of aromatic nitrogens is 1. The zero-order valence-electron chi connectivity index (χ0n) is 12.6. The van der Waals surface area contributed by atoms with Crippen molar-refractivity contribution in [1.82, 2.24) is 4.98 Å². The molecular weight excluding hydrogens is 309 g/mol. The van der Waals surface area contributed by atoms with Crippen molar-refractivity contribution in [2.45, 2.75) is 20.0 Å². The average Bonchev–Trinajstić information content (AvgIpc) is 2.48. The highest BCUT2D eigenvalue weighted by Gasteiger charge is 2.28. The van der Waals surface area contributed by atoms with Crippen molar-refractivity contribution in [2.75, 3.05) is 11.9 Å². The Bertz CT molecular complexity index is 697. The lowest BCUT2D eigenvalue weighted by Gasteiger charge is -2.10. The molecule has 0 bridgehead atoms. The molecule has 1 amide bonds. The maximum absolute atomic E-state index is 12.1. The second kappa shape index (κ2) is 6.68. The molecule has 2 aromatic rings. The molecular formula is C16H15F3N2O2. The van der Waals surface area contributed by atoms with E-state index < -0.39 is 18.7 Å². The molecule has 0 atom stereocenters. The number of anilines is 1. The average molecular weight is 324 g/mol. The van der Waals surface area contributed by atoms with E-state index in [4.69, 9.17) is 0 Å². The van der Waals surface area contributed by atoms with Crippen LogP contribution < -0.4 is 10.1 Å². The first-order chi connectivity index (χ1) is 10.7. The van der Waals surface area contributed by atoms with Crippen LogP contribution in [0.3, 0.4) is 0 Å². The van der Waals surface area contributed by atoms with Crippen molar-refractivity contribution < 1.29 is 22.7 Å². The first-order valence-corrected chi connectivity index (χ1v) is 6.79. The minimum atomic E-state index is -4.43. The molecule has 0 aliphatic heterocycles. The number of amides is 1. The molecule has 1 aromatic carbocycles. The van der Waals surface area contributed by atoms with Crippen LogP contribution >= 0.6 is 0 Å². The summed E-state index contributed by atoms with van der Waals surface area (Å²) < 4.78 is 40.6. The second-order valence-corrected chi connectivity index (χ2v) is 5.06. The number of carbonyl (C=O) groups is 1. The number of halogens is 3. The summed E-state index contributed by atoms with van der Waals surface area (Å²) in [7, 11) is 0. The molecule has 7 heteroatoms. The Hall–Kier alpha value is -2.57. The molecule has 1 N–H and O–H groups in total. The van der Waals surface area contributed by atoms with Crippen LogP contribution in [0.15, 0.2) is 36.5 Å².